The summed E-state index contributed by atoms with van der Waals surface area (Å²) in [6.07, 6.45) is 6.14. The van der Waals surface area contributed by atoms with Crippen molar-refractivity contribution >= 4 is 41.8 Å². The highest BCUT2D eigenvalue weighted by Gasteiger charge is 2.33. The Morgan fingerprint density at radius 2 is 1.20 bits per heavy atom. The number of hydrogen-bond donors (Lipinski definition) is 0. The highest BCUT2D eigenvalue weighted by atomic mass is 16.6. The van der Waals surface area contributed by atoms with Gasteiger partial charge >= 0.3 is 41.8 Å². The normalized spacial score (nSPS) is 14.0. The number of benzene rings is 3. The fourth-order valence-electron chi connectivity index (χ4n) is 6.72. The Labute approximate surface area is 404 Å². The number of carbonyl (C=O) groups is 7. The molecule has 19 nitrogen and oxygen atoms in total. The molecule has 1 fully saturated rings. The second-order valence-corrected chi connectivity index (χ2v) is 15.6. The number of carbonyl (C=O) groups excluding carboxylic acids is 7. The van der Waals surface area contributed by atoms with Crippen molar-refractivity contribution in [2.45, 2.75) is 71.1 Å². The zero-order valence-corrected chi connectivity index (χ0v) is 38.9. The summed E-state index contributed by atoms with van der Waals surface area (Å²) in [6, 6.07) is 16.8. The van der Waals surface area contributed by atoms with Crippen LogP contribution in [-0.2, 0) is 54.1 Å². The number of ether oxygens (including phenoxy) is 9. The van der Waals surface area contributed by atoms with Crippen molar-refractivity contribution in [2.75, 3.05) is 46.2 Å². The first kappa shape index (κ1) is 53.3. The van der Waals surface area contributed by atoms with Crippen molar-refractivity contribution in [3.05, 3.63) is 109 Å². The van der Waals surface area contributed by atoms with Gasteiger partial charge in [0.25, 0.3) is 0 Å². The Morgan fingerprint density at radius 3 is 1.81 bits per heavy atom. The Bertz CT molecular complexity index is 2400. The van der Waals surface area contributed by atoms with Gasteiger partial charge in [-0.05, 0) is 125 Å². The Kier molecular flexibility index (Phi) is 21.8. The highest BCUT2D eigenvalue weighted by molar-refractivity contribution is 5.97. The molecule has 1 saturated carbocycles. The van der Waals surface area contributed by atoms with Crippen LogP contribution in [0.15, 0.2) is 96.6 Å². The zero-order valence-electron chi connectivity index (χ0n) is 38.9. The average Bonchev–Trinajstić information content (AvgIpc) is 3.86. The predicted molar refractivity (Wildman–Crippen MR) is 247 cm³/mol. The summed E-state index contributed by atoms with van der Waals surface area (Å²) in [4.78, 5) is 91.6. The summed E-state index contributed by atoms with van der Waals surface area (Å²) in [5, 5.41) is 3.98. The number of aromatic nitrogens is 2. The molecule has 0 spiro atoms. The topological polar surface area (TPSA) is 241 Å². The van der Waals surface area contributed by atoms with E-state index in [-0.39, 0.29) is 80.2 Å². The standard InChI is InChI=1S/C51H56N2O17/c1-4-44(54)63-28-8-7-27-62-38-19-17-37(18-20-38)50(59)69-42-24-23-40(33-41(42)51(60)66-32-31-61-6-3)68-49(58)36-13-11-35(12-14-36)48(57)67-39-21-15-34(16-22-39)47-52-43(70-53-47)25-26-46(56)65-30-10-9-29-64-45(55)5-2/h4-5,15-24,33,35-36H,1-2,6-14,25-32H2,3H3. The second kappa shape index (κ2) is 28.6. The number of hydrogen-bond acceptors (Lipinski definition) is 19. The predicted octanol–water partition coefficient (Wildman–Crippen LogP) is 7.34. The molecule has 70 heavy (non-hydrogen) atoms. The van der Waals surface area contributed by atoms with E-state index in [1.165, 1.54) is 30.3 Å². The smallest absolute Gasteiger partial charge is 0.343 e. The summed E-state index contributed by atoms with van der Waals surface area (Å²) in [5.41, 5.74) is 0.621. The number of nitrogens with zero attached hydrogens (tertiary/aromatic N) is 2. The van der Waals surface area contributed by atoms with Crippen LogP contribution in [0.3, 0.4) is 0 Å². The maximum atomic E-state index is 13.4. The van der Waals surface area contributed by atoms with Crippen LogP contribution in [0.5, 0.6) is 23.0 Å². The molecule has 3 aromatic carbocycles. The van der Waals surface area contributed by atoms with Gasteiger partial charge in [-0.25, -0.2) is 19.2 Å². The largest absolute Gasteiger partial charge is 0.494 e. The van der Waals surface area contributed by atoms with Crippen LogP contribution in [-0.4, -0.2) is 98.2 Å². The molecular formula is C51H56N2O17. The number of unbranched alkanes of at least 4 members (excludes halogenated alkanes) is 2. The quantitative estimate of drug-likeness (QED) is 0.0178. The average molecular weight is 969 g/mol. The first-order valence-corrected chi connectivity index (χ1v) is 22.9. The second-order valence-electron chi connectivity index (χ2n) is 15.6. The van der Waals surface area contributed by atoms with Crippen LogP contribution in [0.2, 0.25) is 0 Å². The minimum absolute atomic E-state index is 0.0268. The molecule has 4 aromatic rings. The molecule has 1 aromatic heterocycles. The third-order valence-corrected chi connectivity index (χ3v) is 10.5. The van der Waals surface area contributed by atoms with Crippen molar-refractivity contribution < 1.29 is 80.7 Å². The van der Waals surface area contributed by atoms with E-state index in [9.17, 15) is 33.6 Å². The third kappa shape index (κ3) is 17.8. The van der Waals surface area contributed by atoms with E-state index in [0.717, 1.165) is 12.2 Å². The van der Waals surface area contributed by atoms with E-state index in [4.69, 9.17) is 47.2 Å². The van der Waals surface area contributed by atoms with E-state index in [0.29, 0.717) is 81.6 Å². The van der Waals surface area contributed by atoms with Gasteiger partial charge in [-0.2, -0.15) is 4.98 Å². The van der Waals surface area contributed by atoms with Crippen molar-refractivity contribution in [3.63, 3.8) is 0 Å². The lowest BCUT2D eigenvalue weighted by Gasteiger charge is -2.25. The van der Waals surface area contributed by atoms with Crippen LogP contribution < -0.4 is 18.9 Å². The van der Waals surface area contributed by atoms with Gasteiger partial charge in [0.2, 0.25) is 11.7 Å². The van der Waals surface area contributed by atoms with Crippen LogP contribution in [0.4, 0.5) is 0 Å². The van der Waals surface area contributed by atoms with Crippen molar-refractivity contribution in [1.82, 2.24) is 10.1 Å². The number of aryl methyl sites for hydroxylation is 1. The fraction of sp³-hybridized carbons (Fsp3) is 0.392. The Hall–Kier alpha value is -7.67. The van der Waals surface area contributed by atoms with Gasteiger partial charge in [-0.3, -0.25) is 14.4 Å². The zero-order chi connectivity index (χ0) is 50.1. The molecule has 0 bridgehead atoms. The summed E-state index contributed by atoms with van der Waals surface area (Å²) < 4.78 is 53.6. The van der Waals surface area contributed by atoms with E-state index in [1.54, 1.807) is 43.3 Å². The molecule has 0 radical (unpaired) electrons. The SMILES string of the molecule is C=CC(=O)OCCCCOC(=O)CCc1nc(-c2ccc(OC(=O)C3CCC(C(=O)Oc4ccc(OC(=O)c5ccc(OCCCCOC(=O)C=C)cc5)c(C(=O)OCCOCC)c4)CC3)cc2)no1. The lowest BCUT2D eigenvalue weighted by molar-refractivity contribution is -0.145. The van der Waals surface area contributed by atoms with Crippen LogP contribution >= 0.6 is 0 Å². The first-order chi connectivity index (χ1) is 34.0. The first-order valence-electron chi connectivity index (χ1n) is 22.9. The molecule has 1 heterocycles. The summed E-state index contributed by atoms with van der Waals surface area (Å²) in [7, 11) is 0. The molecular weight excluding hydrogens is 913 g/mol. The molecule has 0 atom stereocenters. The molecule has 0 N–H and O–H groups in total. The van der Waals surface area contributed by atoms with Crippen LogP contribution in [0.25, 0.3) is 11.4 Å². The van der Waals surface area contributed by atoms with E-state index in [1.807, 2.05) is 0 Å². The minimum Gasteiger partial charge on any atom is -0.494 e. The monoisotopic (exact) mass is 968 g/mol. The number of rotatable bonds is 28. The maximum absolute atomic E-state index is 13.4. The highest BCUT2D eigenvalue weighted by Crippen LogP contribution is 2.33. The van der Waals surface area contributed by atoms with Gasteiger partial charge in [-0.15, -0.1) is 0 Å². The van der Waals surface area contributed by atoms with Gasteiger partial charge in [0.15, 0.2) is 0 Å². The lowest BCUT2D eigenvalue weighted by atomic mass is 9.82. The minimum atomic E-state index is -0.829. The van der Waals surface area contributed by atoms with E-state index < -0.39 is 53.6 Å². The molecule has 1 aliphatic carbocycles. The van der Waals surface area contributed by atoms with Gasteiger partial charge in [0, 0.05) is 30.7 Å². The lowest BCUT2D eigenvalue weighted by Crippen LogP contribution is -2.30. The third-order valence-electron chi connectivity index (χ3n) is 10.5. The summed E-state index contributed by atoms with van der Waals surface area (Å²) in [6.45, 7) is 9.96. The molecule has 0 unspecified atom stereocenters. The van der Waals surface area contributed by atoms with Crippen molar-refractivity contribution in [3.8, 4) is 34.4 Å². The molecule has 372 valence electrons. The molecule has 19 heteroatoms. The van der Waals surface area contributed by atoms with Crippen LogP contribution in [0, 0.1) is 11.8 Å². The number of esters is 7. The van der Waals surface area contributed by atoms with Gasteiger partial charge in [0.05, 0.1) is 56.9 Å². The molecule has 5 rings (SSSR count). The maximum Gasteiger partial charge on any atom is 0.343 e. The van der Waals surface area contributed by atoms with Gasteiger partial charge < -0.3 is 47.2 Å². The fourth-order valence-corrected chi connectivity index (χ4v) is 6.72. The van der Waals surface area contributed by atoms with E-state index >= 15 is 0 Å². The molecule has 0 amide bonds. The molecule has 0 aliphatic heterocycles. The van der Waals surface area contributed by atoms with Crippen LogP contribution in [0.1, 0.15) is 91.3 Å². The summed E-state index contributed by atoms with van der Waals surface area (Å²) in [5.74, 6) is -3.75. The Morgan fingerprint density at radius 1 is 0.629 bits per heavy atom. The Balaban J connectivity index is 1.07. The summed E-state index contributed by atoms with van der Waals surface area (Å²) >= 11 is 0. The van der Waals surface area contributed by atoms with E-state index in [2.05, 4.69) is 23.3 Å². The molecule has 0 saturated heterocycles. The van der Waals surface area contributed by atoms with Gasteiger partial charge in [0.1, 0.15) is 35.2 Å². The van der Waals surface area contributed by atoms with Crippen molar-refractivity contribution in [2.24, 2.45) is 11.8 Å². The van der Waals surface area contributed by atoms with Gasteiger partial charge in [-0.1, -0.05) is 18.3 Å². The van der Waals surface area contributed by atoms with Crippen molar-refractivity contribution in [1.29, 1.82) is 0 Å². The molecule has 1 aliphatic rings.